The Kier molecular flexibility index (Phi) is 4.33. The maximum atomic E-state index is 12.8. The van der Waals surface area contributed by atoms with Gasteiger partial charge in [-0.15, -0.1) is 0 Å². The lowest BCUT2D eigenvalue weighted by molar-refractivity contribution is 0.0593. The Bertz CT molecular complexity index is 782. The number of pyridine rings is 1. The van der Waals surface area contributed by atoms with Crippen LogP contribution in [-0.4, -0.2) is 45.6 Å². The van der Waals surface area contributed by atoms with Crippen molar-refractivity contribution in [3.63, 3.8) is 0 Å². The summed E-state index contributed by atoms with van der Waals surface area (Å²) in [6.07, 6.45) is 2.41. The lowest BCUT2D eigenvalue weighted by atomic mass is 10.0. The highest BCUT2D eigenvalue weighted by Gasteiger charge is 2.27. The molecule has 0 aromatic carbocycles. The standard InChI is InChI=1S/C17H20N4O3/c1-10(2)12-8-18-20-15(12)16(22)21-7-6-11-4-5-13(17(23)24-3)19-14(11)9-21/h4-5,8,10H,6-7,9H2,1-3H3,(H,18,20). The zero-order valence-corrected chi connectivity index (χ0v) is 14.0. The predicted molar refractivity (Wildman–Crippen MR) is 86.7 cm³/mol. The molecule has 3 rings (SSSR count). The average molecular weight is 328 g/mol. The van der Waals surface area contributed by atoms with E-state index in [0.717, 1.165) is 16.8 Å². The van der Waals surface area contributed by atoms with Crippen molar-refractivity contribution in [1.82, 2.24) is 20.1 Å². The molecule has 0 unspecified atom stereocenters. The summed E-state index contributed by atoms with van der Waals surface area (Å²) in [4.78, 5) is 30.5. The van der Waals surface area contributed by atoms with Crippen LogP contribution in [0.15, 0.2) is 18.3 Å². The van der Waals surface area contributed by atoms with Crippen molar-refractivity contribution in [2.45, 2.75) is 32.7 Å². The van der Waals surface area contributed by atoms with Crippen molar-refractivity contribution in [3.05, 3.63) is 46.5 Å². The van der Waals surface area contributed by atoms with Gasteiger partial charge in [0, 0.05) is 12.1 Å². The van der Waals surface area contributed by atoms with Gasteiger partial charge < -0.3 is 9.64 Å². The molecule has 0 radical (unpaired) electrons. The van der Waals surface area contributed by atoms with Crippen molar-refractivity contribution >= 4 is 11.9 Å². The highest BCUT2D eigenvalue weighted by Crippen LogP contribution is 2.23. The summed E-state index contributed by atoms with van der Waals surface area (Å²) < 4.78 is 4.71. The van der Waals surface area contributed by atoms with Crippen molar-refractivity contribution in [1.29, 1.82) is 0 Å². The molecule has 0 fully saturated rings. The molecule has 0 spiro atoms. The molecule has 2 aromatic heterocycles. The number of H-pyrrole nitrogens is 1. The van der Waals surface area contributed by atoms with Gasteiger partial charge in [-0.2, -0.15) is 5.10 Å². The van der Waals surface area contributed by atoms with Gasteiger partial charge >= 0.3 is 5.97 Å². The number of fused-ring (bicyclic) bond motifs is 1. The highest BCUT2D eigenvalue weighted by molar-refractivity contribution is 5.94. The summed E-state index contributed by atoms with van der Waals surface area (Å²) in [6, 6.07) is 3.54. The van der Waals surface area contributed by atoms with E-state index in [0.29, 0.717) is 25.2 Å². The summed E-state index contributed by atoms with van der Waals surface area (Å²) in [5.74, 6) is -0.354. The summed E-state index contributed by atoms with van der Waals surface area (Å²) in [7, 11) is 1.32. The quantitative estimate of drug-likeness (QED) is 0.870. The summed E-state index contributed by atoms with van der Waals surface area (Å²) in [5, 5.41) is 6.81. The third-order valence-corrected chi connectivity index (χ3v) is 4.25. The van der Waals surface area contributed by atoms with Gasteiger partial charge in [0.15, 0.2) is 0 Å². The first-order valence-electron chi connectivity index (χ1n) is 7.91. The molecule has 1 aliphatic heterocycles. The third-order valence-electron chi connectivity index (χ3n) is 4.25. The van der Waals surface area contributed by atoms with Gasteiger partial charge in [-0.05, 0) is 24.0 Å². The molecule has 1 aliphatic rings. The minimum Gasteiger partial charge on any atom is -0.464 e. The first-order chi connectivity index (χ1) is 11.5. The van der Waals surface area contributed by atoms with Crippen LogP contribution in [0.4, 0.5) is 0 Å². The van der Waals surface area contributed by atoms with Crippen LogP contribution in [0.2, 0.25) is 0 Å². The van der Waals surface area contributed by atoms with E-state index in [4.69, 9.17) is 4.74 Å². The fraction of sp³-hybridized carbons (Fsp3) is 0.412. The first-order valence-corrected chi connectivity index (χ1v) is 7.91. The van der Waals surface area contributed by atoms with E-state index in [2.05, 4.69) is 15.2 Å². The normalized spacial score (nSPS) is 13.8. The number of hydrogen-bond donors (Lipinski definition) is 1. The monoisotopic (exact) mass is 328 g/mol. The second-order valence-corrected chi connectivity index (χ2v) is 6.13. The largest absolute Gasteiger partial charge is 0.464 e. The molecule has 7 nitrogen and oxygen atoms in total. The van der Waals surface area contributed by atoms with Crippen LogP contribution < -0.4 is 0 Å². The SMILES string of the molecule is COC(=O)c1ccc2c(n1)CN(C(=O)c1[nH]ncc1C(C)C)CC2. The molecule has 0 saturated heterocycles. The van der Waals surface area contributed by atoms with E-state index in [-0.39, 0.29) is 17.5 Å². The molecule has 0 atom stereocenters. The molecule has 1 N–H and O–H groups in total. The van der Waals surface area contributed by atoms with Gasteiger partial charge in [0.2, 0.25) is 0 Å². The molecule has 2 aromatic rings. The molecule has 24 heavy (non-hydrogen) atoms. The summed E-state index contributed by atoms with van der Waals surface area (Å²) >= 11 is 0. The minimum atomic E-state index is -0.475. The van der Waals surface area contributed by atoms with Crippen LogP contribution in [-0.2, 0) is 17.7 Å². The predicted octanol–water partition coefficient (Wildman–Crippen LogP) is 1.91. The zero-order valence-electron chi connectivity index (χ0n) is 14.0. The number of nitrogens with one attached hydrogen (secondary N) is 1. The van der Waals surface area contributed by atoms with Crippen molar-refractivity contribution in [3.8, 4) is 0 Å². The van der Waals surface area contributed by atoms with E-state index in [1.165, 1.54) is 7.11 Å². The van der Waals surface area contributed by atoms with Crippen molar-refractivity contribution in [2.24, 2.45) is 0 Å². The van der Waals surface area contributed by atoms with Gasteiger partial charge in [0.05, 0.1) is 25.5 Å². The number of ether oxygens (including phenoxy) is 1. The Morgan fingerprint density at radius 2 is 2.12 bits per heavy atom. The topological polar surface area (TPSA) is 88.2 Å². The van der Waals surface area contributed by atoms with Crippen molar-refractivity contribution < 1.29 is 14.3 Å². The Balaban J connectivity index is 1.85. The maximum Gasteiger partial charge on any atom is 0.356 e. The second-order valence-electron chi connectivity index (χ2n) is 6.13. The Hall–Kier alpha value is -2.70. The Morgan fingerprint density at radius 1 is 1.33 bits per heavy atom. The third kappa shape index (κ3) is 2.89. The van der Waals surface area contributed by atoms with Gasteiger partial charge in [-0.3, -0.25) is 9.89 Å². The maximum absolute atomic E-state index is 12.8. The van der Waals surface area contributed by atoms with E-state index in [9.17, 15) is 9.59 Å². The van der Waals surface area contributed by atoms with Gasteiger partial charge in [0.1, 0.15) is 11.4 Å². The molecular formula is C17H20N4O3. The molecule has 7 heteroatoms. The number of amides is 1. The highest BCUT2D eigenvalue weighted by atomic mass is 16.5. The fourth-order valence-electron chi connectivity index (χ4n) is 2.86. The fourth-order valence-corrected chi connectivity index (χ4v) is 2.86. The van der Waals surface area contributed by atoms with Crippen LogP contribution in [0.5, 0.6) is 0 Å². The lowest BCUT2D eigenvalue weighted by Crippen LogP contribution is -2.37. The molecule has 3 heterocycles. The molecule has 1 amide bonds. The van der Waals surface area contributed by atoms with Crippen LogP contribution in [0.3, 0.4) is 0 Å². The van der Waals surface area contributed by atoms with Gasteiger partial charge in [-0.25, -0.2) is 9.78 Å². The number of methoxy groups -OCH3 is 1. The lowest BCUT2D eigenvalue weighted by Gasteiger charge is -2.28. The zero-order chi connectivity index (χ0) is 17.3. The minimum absolute atomic E-state index is 0.0906. The molecule has 126 valence electrons. The number of hydrogen-bond acceptors (Lipinski definition) is 5. The molecule has 0 aliphatic carbocycles. The van der Waals surface area contributed by atoms with Crippen LogP contribution in [0, 0.1) is 0 Å². The Labute approximate surface area is 140 Å². The van der Waals surface area contributed by atoms with Gasteiger partial charge in [0.25, 0.3) is 5.91 Å². The molecule has 0 bridgehead atoms. The van der Waals surface area contributed by atoms with E-state index >= 15 is 0 Å². The Morgan fingerprint density at radius 3 is 2.83 bits per heavy atom. The number of carbonyl (C=O) groups excluding carboxylic acids is 2. The average Bonchev–Trinajstić information content (AvgIpc) is 3.09. The number of aromatic amines is 1. The van der Waals surface area contributed by atoms with E-state index in [1.807, 2.05) is 19.9 Å². The van der Waals surface area contributed by atoms with Crippen LogP contribution in [0.1, 0.15) is 57.6 Å². The summed E-state index contributed by atoms with van der Waals surface area (Å²) in [5.41, 5.74) is 3.48. The smallest absolute Gasteiger partial charge is 0.356 e. The number of nitrogens with zero attached hydrogens (tertiary/aromatic N) is 3. The first kappa shape index (κ1) is 16.2. The second kappa shape index (κ2) is 6.43. The van der Waals surface area contributed by atoms with E-state index in [1.54, 1.807) is 17.2 Å². The number of rotatable bonds is 3. The molecular weight excluding hydrogens is 308 g/mol. The van der Waals surface area contributed by atoms with E-state index < -0.39 is 5.97 Å². The number of aromatic nitrogens is 3. The number of carbonyl (C=O) groups is 2. The van der Waals surface area contributed by atoms with Crippen LogP contribution >= 0.6 is 0 Å². The molecule has 0 saturated carbocycles. The summed E-state index contributed by atoms with van der Waals surface area (Å²) in [6.45, 7) is 5.03. The van der Waals surface area contributed by atoms with Crippen molar-refractivity contribution in [2.75, 3.05) is 13.7 Å². The van der Waals surface area contributed by atoms with Gasteiger partial charge in [-0.1, -0.05) is 19.9 Å². The van der Waals surface area contributed by atoms with Crippen LogP contribution in [0.25, 0.3) is 0 Å². The number of esters is 1.